The number of carbonyl (C=O) groups is 6. The summed E-state index contributed by atoms with van der Waals surface area (Å²) in [6.45, 7) is 11.2. The Morgan fingerprint density at radius 2 is 1.35 bits per heavy atom. The van der Waals surface area contributed by atoms with Crippen molar-refractivity contribution in [2.75, 3.05) is 20.7 Å². The van der Waals surface area contributed by atoms with Gasteiger partial charge in [-0.1, -0.05) is 0 Å². The van der Waals surface area contributed by atoms with Gasteiger partial charge in [0, 0.05) is 47.1 Å². The molecule has 4 N–H and O–H groups in total. The normalized spacial score (nSPS) is 35.8. The van der Waals surface area contributed by atoms with Crippen LogP contribution in [0.5, 0.6) is 0 Å². The smallest absolute Gasteiger partial charge is 0.303 e. The largest absolute Gasteiger partial charge is 0.457 e. The number of esters is 3. The molecule has 3 fully saturated rings. The number of amides is 2. The van der Waals surface area contributed by atoms with E-state index in [4.69, 9.17) is 33.2 Å². The zero-order valence-electron chi connectivity index (χ0n) is 31.3. The summed E-state index contributed by atoms with van der Waals surface area (Å²) >= 11 is 0. The fraction of sp³-hybridized carbons (Fsp3) is 0.824. The fourth-order valence-electron chi connectivity index (χ4n) is 7.40. The maximum absolute atomic E-state index is 12.8. The summed E-state index contributed by atoms with van der Waals surface area (Å²) in [6, 6.07) is -2.27. The third kappa shape index (κ3) is 11.4. The lowest BCUT2D eigenvalue weighted by molar-refractivity contribution is -0.317. The zero-order valence-corrected chi connectivity index (χ0v) is 31.3. The van der Waals surface area contributed by atoms with Crippen molar-refractivity contribution in [3.05, 3.63) is 0 Å². The zero-order chi connectivity index (χ0) is 38.2. The number of rotatable bonds is 14. The van der Waals surface area contributed by atoms with E-state index in [9.17, 15) is 28.8 Å². The Balaban J connectivity index is 2.12. The topological polar surface area (TPSA) is 215 Å². The first-order valence-electron chi connectivity index (χ1n) is 17.4. The van der Waals surface area contributed by atoms with Crippen molar-refractivity contribution in [2.45, 2.75) is 154 Å². The van der Waals surface area contributed by atoms with Gasteiger partial charge < -0.3 is 59.2 Å². The molecule has 6 unspecified atom stereocenters. The highest BCUT2D eigenvalue weighted by Crippen LogP contribution is 2.39. The number of Topliss-reactive ketones (excluding diaryl/α,β-unsaturated/α-hetero) is 1. The van der Waals surface area contributed by atoms with Crippen LogP contribution in [0.4, 0.5) is 0 Å². The highest BCUT2D eigenvalue weighted by Gasteiger charge is 2.56. The summed E-state index contributed by atoms with van der Waals surface area (Å²) in [4.78, 5) is 74.7. The molecule has 17 heteroatoms. The first-order valence-corrected chi connectivity index (χ1v) is 17.4. The number of likely N-dealkylation sites (N-methyl/N-ethyl adjacent to an activating group) is 2. The molecule has 17 nitrogen and oxygen atoms in total. The Kier molecular flexibility index (Phi) is 15.3. The second kappa shape index (κ2) is 18.5. The van der Waals surface area contributed by atoms with Gasteiger partial charge >= 0.3 is 17.9 Å². The molecule has 2 amide bonds. The minimum atomic E-state index is -1.30. The maximum atomic E-state index is 12.8. The highest BCUT2D eigenvalue weighted by atomic mass is 16.7. The van der Waals surface area contributed by atoms with E-state index in [1.165, 1.54) is 41.5 Å². The van der Waals surface area contributed by atoms with Crippen molar-refractivity contribution in [3.63, 3.8) is 0 Å². The Morgan fingerprint density at radius 3 is 1.88 bits per heavy atom. The van der Waals surface area contributed by atoms with E-state index in [2.05, 4.69) is 21.3 Å². The van der Waals surface area contributed by atoms with Crippen LogP contribution in [0.25, 0.3) is 0 Å². The predicted octanol–water partition coefficient (Wildman–Crippen LogP) is 0.00770. The van der Waals surface area contributed by atoms with E-state index < -0.39 is 90.5 Å². The van der Waals surface area contributed by atoms with Crippen LogP contribution in [-0.2, 0) is 61.9 Å². The lowest BCUT2D eigenvalue weighted by Crippen LogP contribution is -2.69. The van der Waals surface area contributed by atoms with E-state index in [-0.39, 0.29) is 43.3 Å². The van der Waals surface area contributed by atoms with Crippen LogP contribution in [-0.4, -0.2) is 129 Å². The molecule has 0 radical (unpaired) electrons. The van der Waals surface area contributed by atoms with Crippen LogP contribution < -0.4 is 21.3 Å². The van der Waals surface area contributed by atoms with Gasteiger partial charge in [-0.05, 0) is 60.0 Å². The molecule has 2 aliphatic heterocycles. The van der Waals surface area contributed by atoms with Crippen LogP contribution in [0.2, 0.25) is 0 Å². The maximum Gasteiger partial charge on any atom is 0.303 e. The van der Waals surface area contributed by atoms with Crippen LogP contribution >= 0.6 is 0 Å². The molecule has 290 valence electrons. The Labute approximate surface area is 299 Å². The molecule has 2 heterocycles. The average Bonchev–Trinajstić information content (AvgIpc) is 3.00. The number of nitrogens with one attached hydrogen (secondary N) is 4. The molecule has 51 heavy (non-hydrogen) atoms. The number of ketones is 1. The number of carbonyl (C=O) groups excluding carboxylic acids is 6. The van der Waals surface area contributed by atoms with Crippen LogP contribution in [0.3, 0.4) is 0 Å². The number of hydrogen-bond acceptors (Lipinski definition) is 15. The van der Waals surface area contributed by atoms with Gasteiger partial charge in [0.1, 0.15) is 18.0 Å². The summed E-state index contributed by atoms with van der Waals surface area (Å²) in [7, 11) is 3.40. The Hall–Kier alpha value is -3.22. The molecular weight excluding hydrogens is 672 g/mol. The average molecular weight is 729 g/mol. The first kappa shape index (κ1) is 42.2. The summed E-state index contributed by atoms with van der Waals surface area (Å²) in [5.41, 5.74) is -1.28. The van der Waals surface area contributed by atoms with Gasteiger partial charge in [0.15, 0.2) is 30.4 Å². The van der Waals surface area contributed by atoms with Crippen molar-refractivity contribution in [3.8, 4) is 0 Å². The molecule has 13 atom stereocenters. The van der Waals surface area contributed by atoms with E-state index in [1.807, 2.05) is 6.92 Å². The molecule has 1 aliphatic carbocycles. The minimum Gasteiger partial charge on any atom is -0.457 e. The molecule has 0 aromatic rings. The predicted molar refractivity (Wildman–Crippen MR) is 179 cm³/mol. The standard InChI is InChI=1S/C34H56N4O13/c1-16(39)13-23-14-25(38-19(4)41)28(50-32-24(37-18(3)40)11-12-26(48-32)17(2)35-9)29(46-20(5)42)27(23)49-33-30(47-21(6)43)31(36-10)34(8,15-45-33)51-22(7)44/h17,23-33,35-36H,11-15H2,1-10H3,(H,37,40)(H,38,41)/t17?,23?,24-,25?,26?,27+,28+,29+,30+,31-,32?,33+,34?/m0/s1. The van der Waals surface area contributed by atoms with E-state index in [0.29, 0.717) is 12.8 Å². The minimum absolute atomic E-state index is 0.0347. The molecular formula is C34H56N4O13. The van der Waals surface area contributed by atoms with Crippen molar-refractivity contribution in [1.29, 1.82) is 0 Å². The van der Waals surface area contributed by atoms with Gasteiger partial charge in [0.05, 0.1) is 30.8 Å². The summed E-state index contributed by atoms with van der Waals surface area (Å²) in [5.74, 6) is -3.50. The summed E-state index contributed by atoms with van der Waals surface area (Å²) in [6.07, 6.45) is -6.07. The third-order valence-electron chi connectivity index (χ3n) is 9.47. The van der Waals surface area contributed by atoms with E-state index in [1.54, 1.807) is 21.0 Å². The fourth-order valence-corrected chi connectivity index (χ4v) is 7.40. The second-order valence-electron chi connectivity index (χ2n) is 13.9. The molecule has 2 saturated heterocycles. The highest BCUT2D eigenvalue weighted by molar-refractivity contribution is 5.76. The SMILES string of the molecule is CNC(C)C1CC[C@H](NC(C)=O)C(O[C@@H]2C(NC(C)=O)CC(CC(C)=O)[C@@H](O[C@H]3OCC(C)(OC(C)=O)[C@@H](NC)[C@H]3OC(C)=O)[C@H]2OC(C)=O)O1. The van der Waals surface area contributed by atoms with Gasteiger partial charge in [0.25, 0.3) is 0 Å². The molecule has 1 saturated carbocycles. The van der Waals surface area contributed by atoms with Crippen molar-refractivity contribution >= 4 is 35.5 Å². The number of hydrogen-bond donors (Lipinski definition) is 4. The summed E-state index contributed by atoms with van der Waals surface area (Å²) in [5, 5.41) is 12.0. The van der Waals surface area contributed by atoms with E-state index in [0.717, 1.165) is 0 Å². The molecule has 3 rings (SSSR count). The molecule has 3 aliphatic rings. The molecule has 0 spiro atoms. The van der Waals surface area contributed by atoms with Crippen LogP contribution in [0, 0.1) is 5.92 Å². The third-order valence-corrected chi connectivity index (χ3v) is 9.47. The van der Waals surface area contributed by atoms with Crippen molar-refractivity contribution in [1.82, 2.24) is 21.3 Å². The quantitative estimate of drug-likeness (QED) is 0.137. The Morgan fingerprint density at radius 1 is 0.765 bits per heavy atom. The summed E-state index contributed by atoms with van der Waals surface area (Å²) < 4.78 is 43.1. The van der Waals surface area contributed by atoms with Crippen LogP contribution in [0.15, 0.2) is 0 Å². The van der Waals surface area contributed by atoms with Crippen LogP contribution in [0.1, 0.15) is 81.1 Å². The van der Waals surface area contributed by atoms with Gasteiger partial charge in [0.2, 0.25) is 11.8 Å². The lowest BCUT2D eigenvalue weighted by Gasteiger charge is -2.51. The Bertz CT molecular complexity index is 1270. The van der Waals surface area contributed by atoms with E-state index >= 15 is 0 Å². The van der Waals surface area contributed by atoms with Gasteiger partial charge in [-0.2, -0.15) is 0 Å². The van der Waals surface area contributed by atoms with Crippen molar-refractivity contribution in [2.24, 2.45) is 5.92 Å². The van der Waals surface area contributed by atoms with Crippen molar-refractivity contribution < 1.29 is 61.9 Å². The molecule has 0 bridgehead atoms. The van der Waals surface area contributed by atoms with Gasteiger partial charge in [-0.3, -0.25) is 24.0 Å². The monoisotopic (exact) mass is 728 g/mol. The number of ether oxygens (including phenoxy) is 7. The van der Waals surface area contributed by atoms with Gasteiger partial charge in [-0.25, -0.2) is 0 Å². The molecule has 0 aromatic heterocycles. The van der Waals surface area contributed by atoms with Gasteiger partial charge in [-0.15, -0.1) is 0 Å². The molecule has 0 aromatic carbocycles. The first-order chi connectivity index (χ1) is 23.9. The second-order valence-corrected chi connectivity index (χ2v) is 13.9. The lowest BCUT2D eigenvalue weighted by atomic mass is 9.76.